The van der Waals surface area contributed by atoms with Crippen LogP contribution in [0.25, 0.3) is 0 Å². The summed E-state index contributed by atoms with van der Waals surface area (Å²) in [5, 5.41) is 3.49. The molecular weight excluding hydrogens is 290 g/mol. The molecule has 3 heteroatoms. The van der Waals surface area contributed by atoms with Gasteiger partial charge >= 0.3 is 0 Å². The second kappa shape index (κ2) is 6.07. The highest BCUT2D eigenvalue weighted by atomic mass is 79.9. The predicted molar refractivity (Wildman–Crippen MR) is 79.5 cm³/mol. The summed E-state index contributed by atoms with van der Waals surface area (Å²) in [5.41, 5.74) is 3.87. The van der Waals surface area contributed by atoms with Crippen molar-refractivity contribution in [1.82, 2.24) is 5.32 Å². The summed E-state index contributed by atoms with van der Waals surface area (Å²) in [6.07, 6.45) is 3.70. The predicted octanol–water partition coefficient (Wildman–Crippen LogP) is 3.62. The quantitative estimate of drug-likeness (QED) is 0.920. The van der Waals surface area contributed by atoms with Crippen LogP contribution in [0.3, 0.4) is 0 Å². The van der Waals surface area contributed by atoms with E-state index in [0.717, 1.165) is 24.6 Å². The Balaban J connectivity index is 2.29. The Hall–Kier alpha value is -0.540. The first-order chi connectivity index (χ1) is 8.63. The zero-order valence-electron chi connectivity index (χ0n) is 11.5. The van der Waals surface area contributed by atoms with E-state index in [1.54, 1.807) is 7.11 Å². The molecule has 0 aliphatic carbocycles. The molecule has 1 aliphatic rings. The zero-order valence-corrected chi connectivity index (χ0v) is 13.1. The molecule has 1 aromatic rings. The zero-order chi connectivity index (χ0) is 13.1. The van der Waals surface area contributed by atoms with Crippen molar-refractivity contribution in [2.24, 2.45) is 5.92 Å². The van der Waals surface area contributed by atoms with Crippen LogP contribution in [0.1, 0.15) is 29.5 Å². The minimum Gasteiger partial charge on any atom is -0.496 e. The molecule has 0 saturated carbocycles. The number of hydrogen-bond acceptors (Lipinski definition) is 2. The van der Waals surface area contributed by atoms with Gasteiger partial charge in [0.25, 0.3) is 0 Å². The lowest BCUT2D eigenvalue weighted by molar-refractivity contribution is 0.362. The van der Waals surface area contributed by atoms with Crippen molar-refractivity contribution in [2.45, 2.75) is 33.1 Å². The van der Waals surface area contributed by atoms with Crippen LogP contribution in [0.15, 0.2) is 10.5 Å². The maximum atomic E-state index is 5.60. The van der Waals surface area contributed by atoms with E-state index in [1.165, 1.54) is 40.5 Å². The number of benzene rings is 1. The van der Waals surface area contributed by atoms with Gasteiger partial charge in [-0.05, 0) is 63.2 Å². The summed E-state index contributed by atoms with van der Waals surface area (Å²) in [7, 11) is 1.77. The summed E-state index contributed by atoms with van der Waals surface area (Å²) in [4.78, 5) is 0. The Morgan fingerprint density at radius 3 is 2.78 bits per heavy atom. The number of methoxy groups -OCH3 is 1. The lowest BCUT2D eigenvalue weighted by Crippen LogP contribution is -2.31. The van der Waals surface area contributed by atoms with E-state index in [2.05, 4.69) is 41.2 Å². The van der Waals surface area contributed by atoms with Gasteiger partial charge in [0, 0.05) is 10.0 Å². The van der Waals surface area contributed by atoms with Crippen molar-refractivity contribution in [3.63, 3.8) is 0 Å². The third-order valence-electron chi connectivity index (χ3n) is 3.77. The Labute approximate surface area is 118 Å². The first kappa shape index (κ1) is 13.9. The topological polar surface area (TPSA) is 21.3 Å². The SMILES string of the molecule is COc1c(C)cc(C)c(Br)c1CC1CCCNC1. The molecule has 0 bridgehead atoms. The summed E-state index contributed by atoms with van der Waals surface area (Å²) in [6.45, 7) is 6.57. The fourth-order valence-corrected chi connectivity index (χ4v) is 3.34. The van der Waals surface area contributed by atoms with Crippen LogP contribution in [-0.2, 0) is 6.42 Å². The Kier molecular flexibility index (Phi) is 4.68. The lowest BCUT2D eigenvalue weighted by Gasteiger charge is -2.25. The van der Waals surface area contributed by atoms with Gasteiger partial charge in [-0.15, -0.1) is 0 Å². The van der Waals surface area contributed by atoms with E-state index >= 15 is 0 Å². The highest BCUT2D eigenvalue weighted by Gasteiger charge is 2.19. The van der Waals surface area contributed by atoms with Crippen molar-refractivity contribution in [2.75, 3.05) is 20.2 Å². The standard InChI is InChI=1S/C15H22BrNO/c1-10-7-11(2)15(18-3)13(14(10)16)8-12-5-4-6-17-9-12/h7,12,17H,4-6,8-9H2,1-3H3. The molecule has 0 aromatic heterocycles. The monoisotopic (exact) mass is 311 g/mol. The van der Waals surface area contributed by atoms with Crippen LogP contribution < -0.4 is 10.1 Å². The van der Waals surface area contributed by atoms with Crippen LogP contribution >= 0.6 is 15.9 Å². The van der Waals surface area contributed by atoms with Gasteiger partial charge in [0.05, 0.1) is 7.11 Å². The van der Waals surface area contributed by atoms with Crippen molar-refractivity contribution in [3.05, 3.63) is 27.2 Å². The number of aryl methyl sites for hydroxylation is 2. The van der Waals surface area contributed by atoms with Crippen LogP contribution in [0.4, 0.5) is 0 Å². The van der Waals surface area contributed by atoms with Crippen molar-refractivity contribution in [1.29, 1.82) is 0 Å². The van der Waals surface area contributed by atoms with E-state index in [1.807, 2.05) is 0 Å². The van der Waals surface area contributed by atoms with Gasteiger partial charge in [-0.2, -0.15) is 0 Å². The lowest BCUT2D eigenvalue weighted by atomic mass is 9.90. The molecule has 1 atom stereocenters. The molecule has 0 spiro atoms. The smallest absolute Gasteiger partial charge is 0.126 e. The summed E-state index contributed by atoms with van der Waals surface area (Å²) >= 11 is 3.73. The third kappa shape index (κ3) is 2.89. The molecule has 100 valence electrons. The maximum absolute atomic E-state index is 5.60. The molecule has 1 fully saturated rings. The number of halogens is 1. The Bertz CT molecular complexity index is 425. The van der Waals surface area contributed by atoms with Crippen molar-refractivity contribution in [3.8, 4) is 5.75 Å². The highest BCUT2D eigenvalue weighted by molar-refractivity contribution is 9.10. The van der Waals surface area contributed by atoms with Gasteiger partial charge in [-0.25, -0.2) is 0 Å². The first-order valence-corrected chi connectivity index (χ1v) is 7.46. The highest BCUT2D eigenvalue weighted by Crippen LogP contribution is 2.35. The van der Waals surface area contributed by atoms with E-state index in [4.69, 9.17) is 4.74 Å². The molecule has 2 nitrogen and oxygen atoms in total. The molecule has 1 N–H and O–H groups in total. The molecule has 1 saturated heterocycles. The average molecular weight is 312 g/mol. The van der Waals surface area contributed by atoms with E-state index in [9.17, 15) is 0 Å². The minimum atomic E-state index is 0.727. The van der Waals surface area contributed by atoms with Gasteiger partial charge in [0.2, 0.25) is 0 Å². The second-order valence-electron chi connectivity index (χ2n) is 5.25. The fraction of sp³-hybridized carbons (Fsp3) is 0.600. The van der Waals surface area contributed by atoms with Crippen molar-refractivity contribution >= 4 is 15.9 Å². The van der Waals surface area contributed by atoms with Crippen LogP contribution in [0, 0.1) is 19.8 Å². The Morgan fingerprint density at radius 1 is 1.39 bits per heavy atom. The van der Waals surface area contributed by atoms with Crippen LogP contribution in [0.5, 0.6) is 5.75 Å². The van der Waals surface area contributed by atoms with Gasteiger partial charge < -0.3 is 10.1 Å². The second-order valence-corrected chi connectivity index (χ2v) is 6.05. The molecule has 1 aromatic carbocycles. The summed E-state index contributed by atoms with van der Waals surface area (Å²) in [5.74, 6) is 1.78. The maximum Gasteiger partial charge on any atom is 0.126 e. The third-order valence-corrected chi connectivity index (χ3v) is 4.88. The van der Waals surface area contributed by atoms with Crippen LogP contribution in [0.2, 0.25) is 0 Å². The number of ether oxygens (including phenoxy) is 1. The molecule has 0 radical (unpaired) electrons. The van der Waals surface area contributed by atoms with Gasteiger partial charge in [0.1, 0.15) is 5.75 Å². The van der Waals surface area contributed by atoms with Gasteiger partial charge in [-0.3, -0.25) is 0 Å². The molecule has 1 heterocycles. The molecule has 0 amide bonds. The number of nitrogens with one attached hydrogen (secondary N) is 1. The number of rotatable bonds is 3. The van der Waals surface area contributed by atoms with Crippen LogP contribution in [-0.4, -0.2) is 20.2 Å². The number of hydrogen-bond donors (Lipinski definition) is 1. The molecule has 1 aliphatic heterocycles. The fourth-order valence-electron chi connectivity index (χ4n) is 2.88. The van der Waals surface area contributed by atoms with E-state index in [-0.39, 0.29) is 0 Å². The van der Waals surface area contributed by atoms with Gasteiger partial charge in [-0.1, -0.05) is 22.0 Å². The van der Waals surface area contributed by atoms with E-state index in [0.29, 0.717) is 0 Å². The minimum absolute atomic E-state index is 0.727. The molecule has 18 heavy (non-hydrogen) atoms. The van der Waals surface area contributed by atoms with E-state index < -0.39 is 0 Å². The number of piperidine rings is 1. The average Bonchev–Trinajstić information content (AvgIpc) is 2.37. The summed E-state index contributed by atoms with van der Waals surface area (Å²) < 4.78 is 6.82. The Morgan fingerprint density at radius 2 is 2.17 bits per heavy atom. The van der Waals surface area contributed by atoms with Gasteiger partial charge in [0.15, 0.2) is 0 Å². The molecule has 2 rings (SSSR count). The summed E-state index contributed by atoms with van der Waals surface area (Å²) in [6, 6.07) is 2.19. The largest absolute Gasteiger partial charge is 0.496 e. The first-order valence-electron chi connectivity index (χ1n) is 6.66. The normalized spacial score (nSPS) is 19.9. The molecular formula is C15H22BrNO. The van der Waals surface area contributed by atoms with Crippen molar-refractivity contribution < 1.29 is 4.74 Å². The molecule has 1 unspecified atom stereocenters.